The van der Waals surface area contributed by atoms with Crippen LogP contribution in [-0.4, -0.2) is 77.6 Å². The highest BCUT2D eigenvalue weighted by Crippen LogP contribution is 2.33. The van der Waals surface area contributed by atoms with E-state index in [0.717, 1.165) is 5.56 Å². The van der Waals surface area contributed by atoms with E-state index in [2.05, 4.69) is 15.1 Å². The number of aliphatic hydroxyl groups is 3. The fraction of sp³-hybridized carbons (Fsp3) is 0.368. The molecule has 0 amide bonds. The standard InChI is InChI=1S/C19H20ClN5O6/c20-19-22-16(24(8-13(27)28)7-10-4-2-1-3-5-10)11-6-21-25(17(11)23-19)18-15(30)14(29)12(9-26)31-18/h1-6,12,14-15,18,26,29-30H,7-9H2,(H,27,28)/t12-,14-,15-,18-/m1/s1. The summed E-state index contributed by atoms with van der Waals surface area (Å²) in [7, 11) is 0. The van der Waals surface area contributed by atoms with Crippen molar-refractivity contribution in [1.29, 1.82) is 0 Å². The van der Waals surface area contributed by atoms with Crippen molar-refractivity contribution in [1.82, 2.24) is 19.7 Å². The topological polar surface area (TPSA) is 154 Å². The summed E-state index contributed by atoms with van der Waals surface area (Å²) in [6.45, 7) is -0.594. The molecule has 1 aliphatic rings. The molecule has 4 N–H and O–H groups in total. The number of nitrogens with zero attached hydrogens (tertiary/aromatic N) is 5. The summed E-state index contributed by atoms with van der Waals surface area (Å²) in [5.41, 5.74) is 1.05. The highest BCUT2D eigenvalue weighted by molar-refractivity contribution is 6.28. The van der Waals surface area contributed by atoms with Crippen LogP contribution in [0, 0.1) is 0 Å². The van der Waals surface area contributed by atoms with Crippen LogP contribution in [0.15, 0.2) is 36.5 Å². The molecule has 0 saturated carbocycles. The molecule has 4 atom stereocenters. The van der Waals surface area contributed by atoms with Gasteiger partial charge in [0.25, 0.3) is 0 Å². The zero-order chi connectivity index (χ0) is 22.1. The molecule has 164 valence electrons. The Balaban J connectivity index is 1.77. The van der Waals surface area contributed by atoms with E-state index in [4.69, 9.17) is 16.3 Å². The molecule has 11 nitrogen and oxygen atoms in total. The normalized spacial score (nSPS) is 23.4. The Morgan fingerprint density at radius 1 is 1.19 bits per heavy atom. The number of carbonyl (C=O) groups is 1. The van der Waals surface area contributed by atoms with Crippen LogP contribution < -0.4 is 4.90 Å². The first-order chi connectivity index (χ1) is 14.9. The van der Waals surface area contributed by atoms with Gasteiger partial charge >= 0.3 is 5.97 Å². The number of anilines is 1. The lowest BCUT2D eigenvalue weighted by Gasteiger charge is -2.23. The van der Waals surface area contributed by atoms with Crippen molar-refractivity contribution in [2.24, 2.45) is 0 Å². The lowest BCUT2D eigenvalue weighted by Crippen LogP contribution is -2.33. The molecule has 2 aromatic heterocycles. The molecule has 0 aliphatic carbocycles. The number of rotatable bonds is 7. The number of hydrogen-bond acceptors (Lipinski definition) is 9. The summed E-state index contributed by atoms with van der Waals surface area (Å²) in [6.07, 6.45) is -3.37. The molecule has 3 aromatic rings. The summed E-state index contributed by atoms with van der Waals surface area (Å²) in [6, 6.07) is 9.26. The summed E-state index contributed by atoms with van der Waals surface area (Å²) in [4.78, 5) is 21.4. The van der Waals surface area contributed by atoms with E-state index in [1.165, 1.54) is 15.8 Å². The Labute approximate surface area is 181 Å². The molecular formula is C19H20ClN5O6. The van der Waals surface area contributed by atoms with Gasteiger partial charge in [-0.1, -0.05) is 30.3 Å². The second-order valence-electron chi connectivity index (χ2n) is 7.11. The molecule has 1 aliphatic heterocycles. The molecule has 0 radical (unpaired) electrons. The molecule has 4 rings (SSSR count). The van der Waals surface area contributed by atoms with E-state index in [0.29, 0.717) is 5.39 Å². The summed E-state index contributed by atoms with van der Waals surface area (Å²) < 4.78 is 6.76. The Bertz CT molecular complexity index is 1080. The van der Waals surface area contributed by atoms with E-state index in [-0.39, 0.29) is 29.8 Å². The van der Waals surface area contributed by atoms with Gasteiger partial charge in [0.2, 0.25) is 5.28 Å². The molecular weight excluding hydrogens is 430 g/mol. The molecule has 12 heteroatoms. The van der Waals surface area contributed by atoms with Crippen molar-refractivity contribution in [3.05, 3.63) is 47.4 Å². The second-order valence-corrected chi connectivity index (χ2v) is 7.44. The first-order valence-corrected chi connectivity index (χ1v) is 9.80. The van der Waals surface area contributed by atoms with Gasteiger partial charge in [0.05, 0.1) is 18.2 Å². The van der Waals surface area contributed by atoms with Crippen LogP contribution in [0.3, 0.4) is 0 Å². The Kier molecular flexibility index (Phi) is 6.03. The van der Waals surface area contributed by atoms with Crippen LogP contribution in [0.1, 0.15) is 11.8 Å². The number of halogens is 1. The number of hydrogen-bond donors (Lipinski definition) is 4. The SMILES string of the molecule is O=C(O)CN(Cc1ccccc1)c1nc(Cl)nc2c1cnn2[C@@H]1O[C@H](CO)[C@@H](O)[C@H]1O. The number of aliphatic carboxylic acids is 1. The Hall–Kier alpha value is -2.83. The number of carboxylic acid groups (broad SMARTS) is 1. The summed E-state index contributed by atoms with van der Waals surface area (Å²) >= 11 is 6.13. The number of aliphatic hydroxyl groups excluding tert-OH is 3. The molecule has 1 aromatic carbocycles. The van der Waals surface area contributed by atoms with Gasteiger partial charge in [0.1, 0.15) is 30.7 Å². The third-order valence-electron chi connectivity index (χ3n) is 5.01. The van der Waals surface area contributed by atoms with Crippen molar-refractivity contribution in [3.8, 4) is 0 Å². The van der Waals surface area contributed by atoms with E-state index in [1.807, 2.05) is 30.3 Å². The zero-order valence-corrected chi connectivity index (χ0v) is 16.9. The zero-order valence-electron chi connectivity index (χ0n) is 16.1. The van der Waals surface area contributed by atoms with Crippen molar-refractivity contribution in [2.75, 3.05) is 18.1 Å². The maximum Gasteiger partial charge on any atom is 0.323 e. The predicted octanol–water partition coefficient (Wildman–Crippen LogP) is 0.182. The first kappa shape index (κ1) is 21.4. The van der Waals surface area contributed by atoms with E-state index in [1.54, 1.807) is 0 Å². The smallest absolute Gasteiger partial charge is 0.323 e. The molecule has 1 saturated heterocycles. The number of carboxylic acids is 1. The number of ether oxygens (including phenoxy) is 1. The average molecular weight is 450 g/mol. The van der Waals surface area contributed by atoms with E-state index < -0.39 is 37.1 Å². The van der Waals surface area contributed by atoms with Crippen molar-refractivity contribution >= 4 is 34.4 Å². The fourth-order valence-corrected chi connectivity index (χ4v) is 3.73. The lowest BCUT2D eigenvalue weighted by atomic mass is 10.1. The van der Waals surface area contributed by atoms with Gasteiger partial charge in [-0.05, 0) is 17.2 Å². The van der Waals surface area contributed by atoms with Gasteiger partial charge in [-0.3, -0.25) is 4.79 Å². The van der Waals surface area contributed by atoms with Gasteiger partial charge in [0.15, 0.2) is 11.9 Å². The minimum absolute atomic E-state index is 0.153. The lowest BCUT2D eigenvalue weighted by molar-refractivity contribution is -0.135. The Morgan fingerprint density at radius 3 is 2.58 bits per heavy atom. The molecule has 1 fully saturated rings. The van der Waals surface area contributed by atoms with Crippen LogP contribution in [-0.2, 0) is 16.1 Å². The quantitative estimate of drug-likeness (QED) is 0.367. The van der Waals surface area contributed by atoms with Crippen LogP contribution in [0.2, 0.25) is 5.28 Å². The van der Waals surface area contributed by atoms with E-state index >= 15 is 0 Å². The van der Waals surface area contributed by atoms with Gasteiger partial charge in [-0.2, -0.15) is 15.1 Å². The van der Waals surface area contributed by atoms with Crippen molar-refractivity contribution in [3.63, 3.8) is 0 Å². The Morgan fingerprint density at radius 2 is 1.94 bits per heavy atom. The number of aromatic nitrogens is 4. The highest BCUT2D eigenvalue weighted by Gasteiger charge is 2.44. The molecule has 31 heavy (non-hydrogen) atoms. The molecule has 0 spiro atoms. The van der Waals surface area contributed by atoms with Crippen molar-refractivity contribution < 1.29 is 30.0 Å². The third-order valence-corrected chi connectivity index (χ3v) is 5.18. The van der Waals surface area contributed by atoms with Crippen molar-refractivity contribution in [2.45, 2.75) is 31.1 Å². The summed E-state index contributed by atoms with van der Waals surface area (Å²) in [5, 5.41) is 43.6. The van der Waals surface area contributed by atoms with Gasteiger partial charge in [0, 0.05) is 6.54 Å². The number of fused-ring (bicyclic) bond motifs is 1. The van der Waals surface area contributed by atoms with Crippen LogP contribution in [0.4, 0.5) is 5.82 Å². The maximum absolute atomic E-state index is 11.5. The minimum atomic E-state index is -1.36. The monoisotopic (exact) mass is 449 g/mol. The first-order valence-electron chi connectivity index (χ1n) is 9.43. The summed E-state index contributed by atoms with van der Waals surface area (Å²) in [5.74, 6) is -0.811. The van der Waals surface area contributed by atoms with Gasteiger partial charge < -0.3 is 30.1 Å². The average Bonchev–Trinajstić information content (AvgIpc) is 3.28. The molecule has 0 bridgehead atoms. The minimum Gasteiger partial charge on any atom is -0.480 e. The van der Waals surface area contributed by atoms with Crippen LogP contribution in [0.25, 0.3) is 11.0 Å². The van der Waals surface area contributed by atoms with Crippen LogP contribution >= 0.6 is 11.6 Å². The van der Waals surface area contributed by atoms with Gasteiger partial charge in [-0.15, -0.1) is 0 Å². The van der Waals surface area contributed by atoms with Crippen LogP contribution in [0.5, 0.6) is 0 Å². The fourth-order valence-electron chi connectivity index (χ4n) is 3.57. The van der Waals surface area contributed by atoms with Gasteiger partial charge in [-0.25, -0.2) is 4.68 Å². The third kappa shape index (κ3) is 4.18. The molecule has 0 unspecified atom stereocenters. The van der Waals surface area contributed by atoms with E-state index in [9.17, 15) is 25.2 Å². The highest BCUT2D eigenvalue weighted by atomic mass is 35.5. The molecule has 3 heterocycles. The number of benzene rings is 1. The second kappa shape index (κ2) is 8.73. The predicted molar refractivity (Wildman–Crippen MR) is 108 cm³/mol. The largest absolute Gasteiger partial charge is 0.480 e. The maximum atomic E-state index is 11.5.